The summed E-state index contributed by atoms with van der Waals surface area (Å²) in [6, 6.07) is 2.62. The van der Waals surface area contributed by atoms with Gasteiger partial charge in [-0.3, -0.25) is 0 Å². The van der Waals surface area contributed by atoms with Crippen LogP contribution in [0.5, 0.6) is 0 Å². The maximum absolute atomic E-state index is 8.83. The van der Waals surface area contributed by atoms with Crippen LogP contribution in [0.25, 0.3) is 0 Å². The molecule has 0 N–H and O–H groups in total. The molecular weight excluding hydrogens is 228 g/mol. The van der Waals surface area contributed by atoms with Gasteiger partial charge in [0.1, 0.15) is 5.69 Å². The number of aromatic nitrogens is 3. The van der Waals surface area contributed by atoms with Crippen molar-refractivity contribution in [1.29, 1.82) is 5.26 Å². The number of nitrogens with zero attached hydrogens (tertiary/aromatic N) is 4. The van der Waals surface area contributed by atoms with E-state index in [0.29, 0.717) is 19.1 Å². The summed E-state index contributed by atoms with van der Waals surface area (Å²) in [5.74, 6) is 0. The molecule has 2 rings (SSSR count). The molecule has 0 aromatic carbocycles. The molecule has 0 spiro atoms. The van der Waals surface area contributed by atoms with Crippen molar-refractivity contribution in [2.24, 2.45) is 0 Å². The molecule has 0 amide bonds. The molecule has 5 nitrogen and oxygen atoms in total. The molecule has 0 unspecified atom stereocenters. The van der Waals surface area contributed by atoms with Crippen molar-refractivity contribution in [1.82, 2.24) is 15.0 Å². The average molecular weight is 248 g/mol. The molecule has 1 aromatic heterocycles. The molecule has 0 aliphatic heterocycles. The first-order chi connectivity index (χ1) is 8.86. The number of ether oxygens (including phenoxy) is 1. The van der Waals surface area contributed by atoms with Crippen molar-refractivity contribution in [3.8, 4) is 6.07 Å². The highest BCUT2D eigenvalue weighted by Gasteiger charge is 2.21. The van der Waals surface area contributed by atoms with Gasteiger partial charge in [0.05, 0.1) is 30.8 Å². The minimum absolute atomic E-state index is 0.339. The van der Waals surface area contributed by atoms with E-state index < -0.39 is 0 Å². The van der Waals surface area contributed by atoms with Crippen LogP contribution in [-0.2, 0) is 17.6 Å². The molecule has 1 saturated carbocycles. The van der Waals surface area contributed by atoms with Gasteiger partial charge in [-0.15, -0.1) is 5.10 Å². The maximum Gasteiger partial charge on any atom is 0.100 e. The fourth-order valence-corrected chi connectivity index (χ4v) is 2.63. The Balaban J connectivity index is 2.19. The Kier molecular flexibility index (Phi) is 4.71. The molecule has 0 saturated heterocycles. The van der Waals surface area contributed by atoms with E-state index in [9.17, 15) is 0 Å². The summed E-state index contributed by atoms with van der Waals surface area (Å²) in [6.45, 7) is 0.651. The first-order valence-electron chi connectivity index (χ1n) is 6.65. The Morgan fingerprint density at radius 2 is 2.17 bits per heavy atom. The van der Waals surface area contributed by atoms with Crippen LogP contribution < -0.4 is 0 Å². The second kappa shape index (κ2) is 6.50. The van der Waals surface area contributed by atoms with Gasteiger partial charge in [0, 0.05) is 13.5 Å². The Labute approximate surface area is 108 Å². The SMILES string of the molecule is COCCc1c(CC#N)nnn1C1CCCCC1. The van der Waals surface area contributed by atoms with E-state index in [4.69, 9.17) is 10.00 Å². The summed E-state index contributed by atoms with van der Waals surface area (Å²) in [6.07, 6.45) is 7.33. The molecule has 18 heavy (non-hydrogen) atoms. The zero-order chi connectivity index (χ0) is 12.8. The van der Waals surface area contributed by atoms with E-state index in [-0.39, 0.29) is 0 Å². The normalized spacial score (nSPS) is 16.7. The quantitative estimate of drug-likeness (QED) is 0.800. The van der Waals surface area contributed by atoms with Crippen LogP contribution in [0.1, 0.15) is 49.5 Å². The van der Waals surface area contributed by atoms with E-state index >= 15 is 0 Å². The Morgan fingerprint density at radius 1 is 1.39 bits per heavy atom. The molecule has 0 atom stereocenters. The lowest BCUT2D eigenvalue weighted by Crippen LogP contribution is -2.18. The van der Waals surface area contributed by atoms with Crippen molar-refractivity contribution in [2.45, 2.75) is 51.0 Å². The first-order valence-corrected chi connectivity index (χ1v) is 6.65. The third kappa shape index (κ3) is 2.88. The lowest BCUT2D eigenvalue weighted by molar-refractivity contribution is 0.198. The third-order valence-electron chi connectivity index (χ3n) is 3.58. The lowest BCUT2D eigenvalue weighted by Gasteiger charge is -2.23. The molecule has 98 valence electrons. The molecule has 1 heterocycles. The van der Waals surface area contributed by atoms with Gasteiger partial charge in [-0.05, 0) is 12.8 Å². The number of methoxy groups -OCH3 is 1. The Bertz CT molecular complexity index is 415. The monoisotopic (exact) mass is 248 g/mol. The summed E-state index contributed by atoms with van der Waals surface area (Å²) in [4.78, 5) is 0. The first kappa shape index (κ1) is 13.0. The van der Waals surface area contributed by atoms with Gasteiger partial charge in [-0.1, -0.05) is 24.5 Å². The number of hydrogen-bond donors (Lipinski definition) is 0. The van der Waals surface area contributed by atoms with Crippen molar-refractivity contribution in [3.05, 3.63) is 11.4 Å². The molecule has 1 aliphatic carbocycles. The average Bonchev–Trinajstić information content (AvgIpc) is 2.81. The zero-order valence-electron chi connectivity index (χ0n) is 10.9. The summed E-state index contributed by atoms with van der Waals surface area (Å²) in [7, 11) is 1.69. The van der Waals surface area contributed by atoms with Crippen molar-refractivity contribution in [3.63, 3.8) is 0 Å². The fourth-order valence-electron chi connectivity index (χ4n) is 2.63. The van der Waals surface area contributed by atoms with Gasteiger partial charge in [0.25, 0.3) is 0 Å². The summed E-state index contributed by atoms with van der Waals surface area (Å²) < 4.78 is 7.19. The minimum atomic E-state index is 0.339. The zero-order valence-corrected chi connectivity index (χ0v) is 10.9. The predicted molar refractivity (Wildman–Crippen MR) is 67.0 cm³/mol. The molecule has 0 bridgehead atoms. The topological polar surface area (TPSA) is 63.7 Å². The van der Waals surface area contributed by atoms with Crippen LogP contribution in [0.2, 0.25) is 0 Å². The van der Waals surface area contributed by atoms with E-state index in [1.165, 1.54) is 32.1 Å². The molecule has 1 aromatic rings. The fraction of sp³-hybridized carbons (Fsp3) is 0.769. The highest BCUT2D eigenvalue weighted by Crippen LogP contribution is 2.29. The molecule has 1 fully saturated rings. The van der Waals surface area contributed by atoms with Gasteiger partial charge in [-0.2, -0.15) is 5.26 Å². The second-order valence-corrected chi connectivity index (χ2v) is 4.80. The van der Waals surface area contributed by atoms with Crippen LogP contribution in [0.4, 0.5) is 0 Å². The molecular formula is C13H20N4O. The Hall–Kier alpha value is -1.41. The summed E-state index contributed by atoms with van der Waals surface area (Å²) >= 11 is 0. The molecule has 5 heteroatoms. The van der Waals surface area contributed by atoms with Crippen LogP contribution in [0.15, 0.2) is 0 Å². The highest BCUT2D eigenvalue weighted by molar-refractivity contribution is 5.15. The third-order valence-corrected chi connectivity index (χ3v) is 3.58. The van der Waals surface area contributed by atoms with Crippen LogP contribution in [0, 0.1) is 11.3 Å². The molecule has 1 aliphatic rings. The highest BCUT2D eigenvalue weighted by atomic mass is 16.5. The standard InChI is InChI=1S/C13H20N4O/c1-18-10-8-13-12(7-9-14)15-16-17(13)11-5-3-2-4-6-11/h11H,2-8,10H2,1H3. The van der Waals surface area contributed by atoms with Gasteiger partial charge >= 0.3 is 0 Å². The van der Waals surface area contributed by atoms with E-state index in [1.54, 1.807) is 7.11 Å². The van der Waals surface area contributed by atoms with Crippen LogP contribution in [-0.4, -0.2) is 28.7 Å². The lowest BCUT2D eigenvalue weighted by atomic mass is 9.95. The van der Waals surface area contributed by atoms with Gasteiger partial charge in [0.2, 0.25) is 0 Å². The number of rotatable bonds is 5. The van der Waals surface area contributed by atoms with E-state index in [2.05, 4.69) is 16.4 Å². The smallest absolute Gasteiger partial charge is 0.100 e. The van der Waals surface area contributed by atoms with Crippen molar-refractivity contribution < 1.29 is 4.74 Å². The van der Waals surface area contributed by atoms with E-state index in [1.807, 2.05) is 4.68 Å². The van der Waals surface area contributed by atoms with Crippen LogP contribution >= 0.6 is 0 Å². The van der Waals surface area contributed by atoms with Crippen molar-refractivity contribution >= 4 is 0 Å². The van der Waals surface area contributed by atoms with Crippen LogP contribution in [0.3, 0.4) is 0 Å². The largest absolute Gasteiger partial charge is 0.384 e. The maximum atomic E-state index is 8.83. The molecule has 0 radical (unpaired) electrons. The second-order valence-electron chi connectivity index (χ2n) is 4.80. The number of nitriles is 1. The predicted octanol–water partition coefficient (Wildman–Crippen LogP) is 2.04. The summed E-state index contributed by atoms with van der Waals surface area (Å²) in [5, 5.41) is 17.3. The van der Waals surface area contributed by atoms with Gasteiger partial charge in [-0.25, -0.2) is 4.68 Å². The number of hydrogen-bond acceptors (Lipinski definition) is 4. The van der Waals surface area contributed by atoms with Gasteiger partial charge in [0.15, 0.2) is 0 Å². The van der Waals surface area contributed by atoms with Gasteiger partial charge < -0.3 is 4.74 Å². The van der Waals surface area contributed by atoms with E-state index in [0.717, 1.165) is 17.8 Å². The van der Waals surface area contributed by atoms with Crippen molar-refractivity contribution in [2.75, 3.05) is 13.7 Å². The Morgan fingerprint density at radius 3 is 2.83 bits per heavy atom. The minimum Gasteiger partial charge on any atom is -0.384 e. The summed E-state index contributed by atoms with van der Waals surface area (Å²) in [5.41, 5.74) is 1.91.